The molecule has 2 nitrogen and oxygen atoms in total. The standard InChI is InChI=1S/C15H9Cl2FO2/c16-11-8-10(3-4-13(11)18)14(19)5-1-9-2-6-15(20)12(17)7-9/h1-8,20H/b5-1+. The first kappa shape index (κ1) is 14.6. The second-order valence-electron chi connectivity index (χ2n) is 4.04. The van der Waals surface area contributed by atoms with Crippen LogP contribution in [0.5, 0.6) is 5.75 Å². The largest absolute Gasteiger partial charge is 0.506 e. The Morgan fingerprint density at radius 3 is 2.50 bits per heavy atom. The molecule has 0 atom stereocenters. The zero-order valence-corrected chi connectivity index (χ0v) is 11.6. The average Bonchev–Trinajstić information content (AvgIpc) is 2.43. The smallest absolute Gasteiger partial charge is 0.185 e. The van der Waals surface area contributed by atoms with Crippen molar-refractivity contribution in [1.82, 2.24) is 0 Å². The zero-order chi connectivity index (χ0) is 14.7. The van der Waals surface area contributed by atoms with Gasteiger partial charge in [0.25, 0.3) is 0 Å². The normalized spacial score (nSPS) is 10.9. The lowest BCUT2D eigenvalue weighted by atomic mass is 10.1. The molecule has 5 heteroatoms. The lowest BCUT2D eigenvalue weighted by Crippen LogP contribution is -1.94. The highest BCUT2D eigenvalue weighted by Gasteiger charge is 2.06. The fourth-order valence-corrected chi connectivity index (χ4v) is 1.91. The van der Waals surface area contributed by atoms with Crippen LogP contribution >= 0.6 is 23.2 Å². The zero-order valence-electron chi connectivity index (χ0n) is 10.1. The molecule has 0 fully saturated rings. The quantitative estimate of drug-likeness (QED) is 0.657. The van der Waals surface area contributed by atoms with E-state index in [1.807, 2.05) is 0 Å². The van der Waals surface area contributed by atoms with E-state index in [2.05, 4.69) is 0 Å². The van der Waals surface area contributed by atoms with E-state index >= 15 is 0 Å². The van der Waals surface area contributed by atoms with Crippen LogP contribution in [0, 0.1) is 5.82 Å². The van der Waals surface area contributed by atoms with Gasteiger partial charge in [-0.05, 0) is 42.0 Å². The summed E-state index contributed by atoms with van der Waals surface area (Å²) in [6.45, 7) is 0. The van der Waals surface area contributed by atoms with E-state index in [-0.39, 0.29) is 27.1 Å². The lowest BCUT2D eigenvalue weighted by molar-refractivity contribution is 0.104. The molecule has 0 amide bonds. The van der Waals surface area contributed by atoms with E-state index in [9.17, 15) is 14.3 Å². The number of rotatable bonds is 3. The van der Waals surface area contributed by atoms with E-state index in [1.54, 1.807) is 12.1 Å². The minimum atomic E-state index is -0.572. The third kappa shape index (κ3) is 3.38. The number of phenolic OH excluding ortho intramolecular Hbond substituents is 1. The van der Waals surface area contributed by atoms with Crippen LogP contribution < -0.4 is 0 Å². The van der Waals surface area contributed by atoms with Gasteiger partial charge in [0.2, 0.25) is 0 Å². The van der Waals surface area contributed by atoms with Crippen molar-refractivity contribution >= 4 is 35.1 Å². The van der Waals surface area contributed by atoms with Gasteiger partial charge >= 0.3 is 0 Å². The van der Waals surface area contributed by atoms with Gasteiger partial charge in [-0.3, -0.25) is 4.79 Å². The molecule has 102 valence electrons. The number of ketones is 1. The van der Waals surface area contributed by atoms with Crippen LogP contribution in [-0.2, 0) is 0 Å². The molecule has 0 spiro atoms. The van der Waals surface area contributed by atoms with Gasteiger partial charge in [-0.25, -0.2) is 4.39 Å². The Kier molecular flexibility index (Phi) is 4.42. The van der Waals surface area contributed by atoms with Crippen LogP contribution in [-0.4, -0.2) is 10.9 Å². The van der Waals surface area contributed by atoms with Gasteiger partial charge in [0.05, 0.1) is 10.0 Å². The summed E-state index contributed by atoms with van der Waals surface area (Å²) < 4.78 is 13.0. The summed E-state index contributed by atoms with van der Waals surface area (Å²) >= 11 is 11.4. The van der Waals surface area contributed by atoms with Gasteiger partial charge in [0.15, 0.2) is 5.78 Å². The summed E-state index contributed by atoms with van der Waals surface area (Å²) in [5.41, 5.74) is 0.951. The van der Waals surface area contributed by atoms with Crippen molar-refractivity contribution in [2.45, 2.75) is 0 Å². The maximum Gasteiger partial charge on any atom is 0.185 e. The Balaban J connectivity index is 2.19. The third-order valence-corrected chi connectivity index (χ3v) is 3.20. The molecular weight excluding hydrogens is 302 g/mol. The molecule has 0 saturated heterocycles. The molecule has 0 aromatic heterocycles. The predicted molar refractivity (Wildman–Crippen MR) is 77.9 cm³/mol. The highest BCUT2D eigenvalue weighted by molar-refractivity contribution is 6.32. The molecule has 2 aromatic rings. The van der Waals surface area contributed by atoms with Crippen molar-refractivity contribution in [2.24, 2.45) is 0 Å². The van der Waals surface area contributed by atoms with Gasteiger partial charge in [-0.1, -0.05) is 35.3 Å². The topological polar surface area (TPSA) is 37.3 Å². The molecule has 0 aliphatic heterocycles. The fourth-order valence-electron chi connectivity index (χ4n) is 1.54. The number of allylic oxidation sites excluding steroid dienone is 1. The fraction of sp³-hybridized carbons (Fsp3) is 0. The summed E-state index contributed by atoms with van der Waals surface area (Å²) in [7, 11) is 0. The molecular formula is C15H9Cl2FO2. The maximum absolute atomic E-state index is 13.0. The molecule has 0 unspecified atom stereocenters. The van der Waals surface area contributed by atoms with E-state index in [4.69, 9.17) is 23.2 Å². The summed E-state index contributed by atoms with van der Waals surface area (Å²) in [6.07, 6.45) is 2.87. The van der Waals surface area contributed by atoms with Crippen LogP contribution in [0.4, 0.5) is 4.39 Å². The number of phenols is 1. The molecule has 0 saturated carbocycles. The number of halogens is 3. The molecule has 0 radical (unpaired) electrons. The van der Waals surface area contributed by atoms with Crippen molar-refractivity contribution in [3.63, 3.8) is 0 Å². The van der Waals surface area contributed by atoms with Crippen molar-refractivity contribution in [1.29, 1.82) is 0 Å². The van der Waals surface area contributed by atoms with Gasteiger partial charge < -0.3 is 5.11 Å². The summed E-state index contributed by atoms with van der Waals surface area (Å²) in [6, 6.07) is 8.34. The highest BCUT2D eigenvalue weighted by atomic mass is 35.5. The van der Waals surface area contributed by atoms with E-state index < -0.39 is 5.82 Å². The van der Waals surface area contributed by atoms with E-state index in [0.29, 0.717) is 5.56 Å². The number of carbonyl (C=O) groups excluding carboxylic acids is 1. The first-order valence-electron chi connectivity index (χ1n) is 5.63. The molecule has 1 N–H and O–H groups in total. The van der Waals surface area contributed by atoms with Gasteiger partial charge in [0, 0.05) is 5.56 Å². The molecule has 0 bridgehead atoms. The van der Waals surface area contributed by atoms with Crippen LogP contribution in [0.25, 0.3) is 6.08 Å². The first-order chi connectivity index (χ1) is 9.47. The van der Waals surface area contributed by atoms with Gasteiger partial charge in [-0.15, -0.1) is 0 Å². The van der Waals surface area contributed by atoms with E-state index in [0.717, 1.165) is 6.07 Å². The van der Waals surface area contributed by atoms with Crippen molar-refractivity contribution in [3.8, 4) is 5.75 Å². The Morgan fingerprint density at radius 2 is 1.85 bits per heavy atom. The second-order valence-corrected chi connectivity index (χ2v) is 4.85. The average molecular weight is 311 g/mol. The summed E-state index contributed by atoms with van der Waals surface area (Å²) in [4.78, 5) is 11.9. The lowest BCUT2D eigenvalue weighted by Gasteiger charge is -1.99. The Hall–Kier alpha value is -1.84. The first-order valence-corrected chi connectivity index (χ1v) is 6.39. The van der Waals surface area contributed by atoms with Crippen molar-refractivity contribution in [2.75, 3.05) is 0 Å². The monoisotopic (exact) mass is 310 g/mol. The summed E-state index contributed by atoms with van der Waals surface area (Å²) in [5.74, 6) is -0.908. The van der Waals surface area contributed by atoms with Crippen LogP contribution in [0.15, 0.2) is 42.5 Å². The second kappa shape index (κ2) is 6.07. The summed E-state index contributed by atoms with van der Waals surface area (Å²) in [5, 5.41) is 9.38. The van der Waals surface area contributed by atoms with Crippen molar-refractivity contribution in [3.05, 3.63) is 69.5 Å². The number of benzene rings is 2. The molecule has 2 rings (SSSR count). The molecule has 2 aromatic carbocycles. The molecule has 0 aliphatic carbocycles. The number of aromatic hydroxyl groups is 1. The van der Waals surface area contributed by atoms with Gasteiger partial charge in [-0.2, -0.15) is 0 Å². The maximum atomic E-state index is 13.0. The molecule has 20 heavy (non-hydrogen) atoms. The third-order valence-electron chi connectivity index (χ3n) is 2.60. The molecule has 0 aliphatic rings. The Labute approximate surface area is 125 Å². The van der Waals surface area contributed by atoms with Crippen LogP contribution in [0.3, 0.4) is 0 Å². The minimum Gasteiger partial charge on any atom is -0.506 e. The van der Waals surface area contributed by atoms with Crippen LogP contribution in [0.2, 0.25) is 10.0 Å². The van der Waals surface area contributed by atoms with Crippen LogP contribution in [0.1, 0.15) is 15.9 Å². The van der Waals surface area contributed by atoms with E-state index in [1.165, 1.54) is 30.3 Å². The number of hydrogen-bond acceptors (Lipinski definition) is 2. The number of carbonyl (C=O) groups is 1. The minimum absolute atomic E-state index is 0.0274. The SMILES string of the molecule is O=C(/C=C/c1ccc(O)c(Cl)c1)c1ccc(F)c(Cl)c1. The Bertz CT molecular complexity index is 696. The number of hydrogen-bond donors (Lipinski definition) is 1. The predicted octanol–water partition coefficient (Wildman–Crippen LogP) is 4.73. The van der Waals surface area contributed by atoms with Gasteiger partial charge in [0.1, 0.15) is 11.6 Å². The molecule has 0 heterocycles. The highest BCUT2D eigenvalue weighted by Crippen LogP contribution is 2.24. The van der Waals surface area contributed by atoms with Crippen molar-refractivity contribution < 1.29 is 14.3 Å². The Morgan fingerprint density at radius 1 is 1.10 bits per heavy atom.